The molecule has 8 heteroatoms. The quantitative estimate of drug-likeness (QED) is 0.700. The molecule has 0 spiro atoms. The number of amides is 1. The summed E-state index contributed by atoms with van der Waals surface area (Å²) in [4.78, 5) is 16.2. The Morgan fingerprint density at radius 3 is 2.61 bits per heavy atom. The van der Waals surface area contributed by atoms with Gasteiger partial charge in [-0.05, 0) is 77.4 Å². The average Bonchev–Trinajstić information content (AvgIpc) is 3.12. The van der Waals surface area contributed by atoms with E-state index < -0.39 is 15.6 Å². The van der Waals surface area contributed by atoms with E-state index in [2.05, 4.69) is 9.62 Å². The van der Waals surface area contributed by atoms with Gasteiger partial charge in [0.25, 0.3) is 0 Å². The minimum Gasteiger partial charge on any atom is -0.484 e. The minimum absolute atomic E-state index is 0.137. The molecule has 1 saturated heterocycles. The molecule has 0 unspecified atom stereocenters. The summed E-state index contributed by atoms with van der Waals surface area (Å²) in [5.74, 6) is 0.387. The standard InChI is InChI=1S/C20H31N3O4S/c1-16(24)23-15-20(2,3)27-19-9-8-17(14-18(19)23)28(25,26)21-10-4-5-11-22-12-6-7-13-22/h8-9,14,21H,4-7,10-13,15H2,1-3H3. The van der Waals surface area contributed by atoms with Gasteiger partial charge in [0, 0.05) is 13.5 Å². The van der Waals surface area contributed by atoms with Gasteiger partial charge in [-0.25, -0.2) is 13.1 Å². The predicted molar refractivity (Wildman–Crippen MR) is 109 cm³/mol. The van der Waals surface area contributed by atoms with Crippen LogP contribution in [0.5, 0.6) is 5.75 Å². The van der Waals surface area contributed by atoms with Gasteiger partial charge in [0.15, 0.2) is 0 Å². The van der Waals surface area contributed by atoms with Gasteiger partial charge in [0.2, 0.25) is 15.9 Å². The number of anilines is 1. The fourth-order valence-corrected chi connectivity index (χ4v) is 4.89. The van der Waals surface area contributed by atoms with E-state index >= 15 is 0 Å². The molecule has 1 fully saturated rings. The molecule has 0 aromatic heterocycles. The number of nitrogens with zero attached hydrogens (tertiary/aromatic N) is 2. The molecule has 3 rings (SSSR count). The molecular weight excluding hydrogens is 378 g/mol. The fraction of sp³-hybridized carbons (Fsp3) is 0.650. The fourth-order valence-electron chi connectivity index (χ4n) is 3.79. The molecule has 156 valence electrons. The van der Waals surface area contributed by atoms with E-state index in [1.54, 1.807) is 11.0 Å². The first kappa shape index (κ1) is 21.1. The maximum atomic E-state index is 12.7. The summed E-state index contributed by atoms with van der Waals surface area (Å²) >= 11 is 0. The largest absolute Gasteiger partial charge is 0.484 e. The van der Waals surface area contributed by atoms with Crippen LogP contribution < -0.4 is 14.4 Å². The monoisotopic (exact) mass is 409 g/mol. The zero-order valence-electron chi connectivity index (χ0n) is 17.0. The second kappa shape index (κ2) is 8.39. The highest BCUT2D eigenvalue weighted by Crippen LogP contribution is 2.38. The van der Waals surface area contributed by atoms with Crippen LogP contribution in [-0.2, 0) is 14.8 Å². The molecule has 2 aliphatic rings. The number of ether oxygens (including phenoxy) is 1. The Morgan fingerprint density at radius 1 is 1.21 bits per heavy atom. The van der Waals surface area contributed by atoms with Crippen LogP contribution >= 0.6 is 0 Å². The number of sulfonamides is 1. The Kier molecular flexibility index (Phi) is 6.31. The lowest BCUT2D eigenvalue weighted by Crippen LogP contribution is -2.48. The molecule has 0 radical (unpaired) electrons. The molecule has 0 saturated carbocycles. The first-order chi connectivity index (χ1) is 13.2. The van der Waals surface area contributed by atoms with E-state index in [0.717, 1.165) is 32.5 Å². The van der Waals surface area contributed by atoms with Gasteiger partial charge in [-0.15, -0.1) is 0 Å². The number of hydrogen-bond acceptors (Lipinski definition) is 5. The number of carbonyl (C=O) groups is 1. The summed E-state index contributed by atoms with van der Waals surface area (Å²) in [6, 6.07) is 4.69. The third-order valence-electron chi connectivity index (χ3n) is 5.23. The Hall–Kier alpha value is -1.64. The maximum Gasteiger partial charge on any atom is 0.240 e. The van der Waals surface area contributed by atoms with Crippen molar-refractivity contribution in [2.45, 2.75) is 57.0 Å². The Balaban J connectivity index is 1.64. The smallest absolute Gasteiger partial charge is 0.240 e. The molecule has 0 aliphatic carbocycles. The highest BCUT2D eigenvalue weighted by Gasteiger charge is 2.34. The van der Waals surface area contributed by atoms with Crippen LogP contribution in [0.1, 0.15) is 46.5 Å². The van der Waals surface area contributed by atoms with Gasteiger partial charge in [0.05, 0.1) is 17.1 Å². The van der Waals surface area contributed by atoms with E-state index in [-0.39, 0.29) is 10.8 Å². The second-order valence-electron chi connectivity index (χ2n) is 8.25. The normalized spacial score (nSPS) is 19.3. The maximum absolute atomic E-state index is 12.7. The molecule has 2 heterocycles. The predicted octanol–water partition coefficient (Wildman–Crippen LogP) is 2.36. The van der Waals surface area contributed by atoms with E-state index in [1.165, 1.54) is 31.9 Å². The Labute approximate surface area is 168 Å². The van der Waals surface area contributed by atoms with E-state index in [9.17, 15) is 13.2 Å². The van der Waals surface area contributed by atoms with Crippen LogP contribution in [0.4, 0.5) is 5.69 Å². The van der Waals surface area contributed by atoms with Crippen LogP contribution in [0.2, 0.25) is 0 Å². The number of nitrogens with one attached hydrogen (secondary N) is 1. The van der Waals surface area contributed by atoms with Gasteiger partial charge < -0.3 is 14.5 Å². The summed E-state index contributed by atoms with van der Waals surface area (Å²) in [5.41, 5.74) is -0.0177. The topological polar surface area (TPSA) is 78.9 Å². The van der Waals surface area contributed by atoms with E-state index in [4.69, 9.17) is 4.74 Å². The molecule has 28 heavy (non-hydrogen) atoms. The van der Waals surface area contributed by atoms with Gasteiger partial charge in [-0.2, -0.15) is 0 Å². The van der Waals surface area contributed by atoms with E-state index in [1.807, 2.05) is 13.8 Å². The molecule has 1 N–H and O–H groups in total. The van der Waals surface area contributed by atoms with Gasteiger partial charge in [0.1, 0.15) is 11.4 Å². The van der Waals surface area contributed by atoms with Crippen molar-refractivity contribution < 1.29 is 17.9 Å². The number of unbranched alkanes of at least 4 members (excludes halogenated alkanes) is 1. The third-order valence-corrected chi connectivity index (χ3v) is 6.69. The van der Waals surface area contributed by atoms with Crippen molar-refractivity contribution in [3.8, 4) is 5.75 Å². The number of likely N-dealkylation sites (tertiary alicyclic amines) is 1. The number of benzene rings is 1. The average molecular weight is 410 g/mol. The van der Waals surface area contributed by atoms with Crippen LogP contribution in [0, 0.1) is 0 Å². The summed E-state index contributed by atoms with van der Waals surface area (Å²) < 4.78 is 33.9. The minimum atomic E-state index is -3.63. The third kappa shape index (κ3) is 5.04. The zero-order valence-corrected chi connectivity index (χ0v) is 17.8. The summed E-state index contributed by atoms with van der Waals surface area (Å²) in [6.45, 7) is 9.42. The molecular formula is C20H31N3O4S. The molecule has 1 aromatic rings. The Morgan fingerprint density at radius 2 is 1.93 bits per heavy atom. The number of rotatable bonds is 7. The summed E-state index contributed by atoms with van der Waals surface area (Å²) in [7, 11) is -3.63. The van der Waals surface area contributed by atoms with Gasteiger partial charge in [-0.3, -0.25) is 4.79 Å². The molecule has 0 atom stereocenters. The molecule has 1 aromatic carbocycles. The molecule has 1 amide bonds. The van der Waals surface area contributed by atoms with Crippen molar-refractivity contribution in [1.29, 1.82) is 0 Å². The summed E-state index contributed by atoms with van der Waals surface area (Å²) in [5, 5.41) is 0. The lowest BCUT2D eigenvalue weighted by atomic mass is 10.1. The van der Waals surface area contributed by atoms with Crippen LogP contribution in [0.3, 0.4) is 0 Å². The number of carbonyl (C=O) groups excluding carboxylic acids is 1. The van der Waals surface area contributed by atoms with Crippen molar-refractivity contribution in [1.82, 2.24) is 9.62 Å². The van der Waals surface area contributed by atoms with Crippen molar-refractivity contribution in [3.63, 3.8) is 0 Å². The van der Waals surface area contributed by atoms with Crippen molar-refractivity contribution in [3.05, 3.63) is 18.2 Å². The lowest BCUT2D eigenvalue weighted by molar-refractivity contribution is -0.117. The zero-order chi connectivity index (χ0) is 20.4. The Bertz CT molecular complexity index is 817. The van der Waals surface area contributed by atoms with Crippen molar-refractivity contribution in [2.75, 3.05) is 37.6 Å². The molecule has 7 nitrogen and oxygen atoms in total. The van der Waals surface area contributed by atoms with Gasteiger partial charge in [-0.1, -0.05) is 0 Å². The molecule has 0 bridgehead atoms. The SMILES string of the molecule is CC(=O)N1CC(C)(C)Oc2ccc(S(=O)(=O)NCCCCN3CCCC3)cc21. The number of hydrogen-bond donors (Lipinski definition) is 1. The van der Waals surface area contributed by atoms with Gasteiger partial charge >= 0.3 is 0 Å². The molecule has 2 aliphatic heterocycles. The highest BCUT2D eigenvalue weighted by atomic mass is 32.2. The van der Waals surface area contributed by atoms with Crippen molar-refractivity contribution >= 4 is 21.6 Å². The van der Waals surface area contributed by atoms with E-state index in [0.29, 0.717) is 24.5 Å². The highest BCUT2D eigenvalue weighted by molar-refractivity contribution is 7.89. The first-order valence-electron chi connectivity index (χ1n) is 10.0. The van der Waals surface area contributed by atoms with Crippen LogP contribution in [0.15, 0.2) is 23.1 Å². The van der Waals surface area contributed by atoms with Crippen molar-refractivity contribution in [2.24, 2.45) is 0 Å². The second-order valence-corrected chi connectivity index (χ2v) is 10.0. The number of fused-ring (bicyclic) bond motifs is 1. The van der Waals surface area contributed by atoms with Crippen LogP contribution in [-0.4, -0.2) is 57.5 Å². The first-order valence-corrected chi connectivity index (χ1v) is 11.5. The van der Waals surface area contributed by atoms with Crippen LogP contribution in [0.25, 0.3) is 0 Å². The summed E-state index contributed by atoms with van der Waals surface area (Å²) in [6.07, 6.45) is 4.32. The lowest BCUT2D eigenvalue weighted by Gasteiger charge is -2.39.